The molecule has 0 saturated heterocycles. The third-order valence-corrected chi connectivity index (χ3v) is 2.76. The summed E-state index contributed by atoms with van der Waals surface area (Å²) in [5.41, 5.74) is 0.363. The predicted molar refractivity (Wildman–Crippen MR) is 65.9 cm³/mol. The van der Waals surface area contributed by atoms with Gasteiger partial charge in [-0.1, -0.05) is 30.1 Å². The first-order chi connectivity index (χ1) is 8.31. The Morgan fingerprint density at radius 3 is 2.50 bits per heavy atom. The van der Waals surface area contributed by atoms with Crippen molar-refractivity contribution in [2.75, 3.05) is 13.1 Å². The van der Waals surface area contributed by atoms with E-state index in [-0.39, 0.29) is 11.7 Å². The predicted octanol–water partition coefficient (Wildman–Crippen LogP) is 4.16. The average molecular weight is 301 g/mol. The maximum atomic E-state index is 12.4. The lowest BCUT2D eigenvalue weighted by molar-refractivity contribution is -0.147. The van der Waals surface area contributed by atoms with Gasteiger partial charge in [-0.2, -0.15) is 13.2 Å². The van der Waals surface area contributed by atoms with Crippen LogP contribution in [0.25, 0.3) is 0 Å². The van der Waals surface area contributed by atoms with E-state index in [4.69, 9.17) is 23.2 Å². The van der Waals surface area contributed by atoms with Crippen molar-refractivity contribution in [2.45, 2.75) is 26.1 Å². The van der Waals surface area contributed by atoms with Gasteiger partial charge in [0.1, 0.15) is 5.15 Å². The molecule has 7 heteroatoms. The van der Waals surface area contributed by atoms with Crippen LogP contribution in [0, 0.1) is 0 Å². The van der Waals surface area contributed by atoms with Gasteiger partial charge in [0.2, 0.25) is 0 Å². The molecule has 0 aromatic carbocycles. The molecule has 2 nitrogen and oxygen atoms in total. The first-order valence-electron chi connectivity index (χ1n) is 5.42. The van der Waals surface area contributed by atoms with Crippen LogP contribution in [-0.2, 0) is 6.54 Å². The topological polar surface area (TPSA) is 16.1 Å². The van der Waals surface area contributed by atoms with Gasteiger partial charge in [-0.3, -0.25) is 4.90 Å². The Kier molecular flexibility index (Phi) is 5.69. The minimum atomic E-state index is -4.24. The molecule has 0 amide bonds. The van der Waals surface area contributed by atoms with Crippen LogP contribution in [0.1, 0.15) is 19.0 Å². The van der Waals surface area contributed by atoms with Crippen LogP contribution in [0.2, 0.25) is 10.2 Å². The summed E-state index contributed by atoms with van der Waals surface area (Å²) in [5, 5.41) is 0.542. The number of rotatable bonds is 5. The van der Waals surface area contributed by atoms with Gasteiger partial charge in [0.25, 0.3) is 0 Å². The van der Waals surface area contributed by atoms with Gasteiger partial charge in [0, 0.05) is 6.54 Å². The molecule has 0 spiro atoms. The number of alkyl halides is 3. The average Bonchev–Trinajstić information content (AvgIpc) is 2.21. The van der Waals surface area contributed by atoms with Gasteiger partial charge in [-0.15, -0.1) is 0 Å². The van der Waals surface area contributed by atoms with Crippen molar-refractivity contribution in [1.82, 2.24) is 9.88 Å². The molecule has 102 valence electrons. The van der Waals surface area contributed by atoms with E-state index >= 15 is 0 Å². The van der Waals surface area contributed by atoms with Crippen LogP contribution in [0.15, 0.2) is 12.1 Å². The molecule has 0 aliphatic rings. The second-order valence-corrected chi connectivity index (χ2v) is 4.68. The second kappa shape index (κ2) is 6.59. The Balaban J connectivity index is 2.79. The van der Waals surface area contributed by atoms with Gasteiger partial charge in [-0.05, 0) is 25.1 Å². The second-order valence-electron chi connectivity index (χ2n) is 3.89. The maximum absolute atomic E-state index is 12.4. The minimum absolute atomic E-state index is 0.0345. The molecule has 0 aliphatic heterocycles. The Morgan fingerprint density at radius 1 is 1.28 bits per heavy atom. The molecule has 0 aliphatic carbocycles. The summed E-state index contributed by atoms with van der Waals surface area (Å²) in [6.07, 6.45) is -3.62. The fourth-order valence-electron chi connectivity index (χ4n) is 1.56. The van der Waals surface area contributed by atoms with E-state index < -0.39 is 12.7 Å². The zero-order chi connectivity index (χ0) is 13.8. The van der Waals surface area contributed by atoms with Gasteiger partial charge in [0.15, 0.2) is 0 Å². The van der Waals surface area contributed by atoms with Crippen LogP contribution in [0.5, 0.6) is 0 Å². The lowest BCUT2D eigenvalue weighted by Crippen LogP contribution is -2.34. The molecule has 1 aromatic heterocycles. The summed E-state index contributed by atoms with van der Waals surface area (Å²) in [5.74, 6) is 0. The highest BCUT2D eigenvalue weighted by Crippen LogP contribution is 2.22. The van der Waals surface area contributed by atoms with Gasteiger partial charge < -0.3 is 0 Å². The highest BCUT2D eigenvalue weighted by molar-refractivity contribution is 6.32. The zero-order valence-corrected chi connectivity index (χ0v) is 11.3. The zero-order valence-electron chi connectivity index (χ0n) is 9.77. The number of pyridine rings is 1. The van der Waals surface area contributed by atoms with E-state index in [1.807, 2.05) is 6.92 Å². The number of halogens is 5. The fraction of sp³-hybridized carbons (Fsp3) is 0.545. The van der Waals surface area contributed by atoms with Crippen molar-refractivity contribution >= 4 is 23.2 Å². The van der Waals surface area contributed by atoms with E-state index in [0.29, 0.717) is 23.7 Å². The van der Waals surface area contributed by atoms with Gasteiger partial charge in [0.05, 0.1) is 17.3 Å². The molecular weight excluding hydrogens is 288 g/mol. The molecule has 18 heavy (non-hydrogen) atoms. The number of nitrogens with zero attached hydrogens (tertiary/aromatic N) is 2. The van der Waals surface area contributed by atoms with Crippen molar-refractivity contribution in [3.63, 3.8) is 0 Å². The molecule has 1 heterocycles. The van der Waals surface area contributed by atoms with Crippen molar-refractivity contribution < 1.29 is 13.2 Å². The van der Waals surface area contributed by atoms with E-state index in [1.165, 1.54) is 17.0 Å². The summed E-state index contributed by atoms with van der Waals surface area (Å²) in [6.45, 7) is 1.19. The number of aromatic nitrogens is 1. The Hall–Kier alpha value is -0.520. The summed E-state index contributed by atoms with van der Waals surface area (Å²) in [4.78, 5) is 5.20. The molecule has 0 radical (unpaired) electrons. The quantitative estimate of drug-likeness (QED) is 0.759. The first kappa shape index (κ1) is 15.5. The summed E-state index contributed by atoms with van der Waals surface area (Å²) >= 11 is 11.6. The first-order valence-corrected chi connectivity index (χ1v) is 6.17. The number of hydrogen-bond acceptors (Lipinski definition) is 2. The van der Waals surface area contributed by atoms with E-state index in [2.05, 4.69) is 4.98 Å². The third-order valence-electron chi connectivity index (χ3n) is 2.20. The molecule has 0 atom stereocenters. The van der Waals surface area contributed by atoms with E-state index in [1.54, 1.807) is 0 Å². The van der Waals surface area contributed by atoms with Crippen LogP contribution < -0.4 is 0 Å². The van der Waals surface area contributed by atoms with Crippen molar-refractivity contribution in [1.29, 1.82) is 0 Å². The monoisotopic (exact) mass is 300 g/mol. The Morgan fingerprint density at radius 2 is 1.94 bits per heavy atom. The van der Waals surface area contributed by atoms with Crippen molar-refractivity contribution in [3.05, 3.63) is 28.0 Å². The molecule has 0 bridgehead atoms. The molecule has 1 aromatic rings. The van der Waals surface area contributed by atoms with Crippen LogP contribution in [0.4, 0.5) is 13.2 Å². The highest BCUT2D eigenvalue weighted by Gasteiger charge is 2.30. The van der Waals surface area contributed by atoms with E-state index in [0.717, 1.165) is 0 Å². The lowest BCUT2D eigenvalue weighted by Gasteiger charge is -2.23. The largest absolute Gasteiger partial charge is 0.401 e. The Bertz CT molecular complexity index is 396. The molecule has 0 saturated carbocycles. The van der Waals surface area contributed by atoms with Crippen LogP contribution in [-0.4, -0.2) is 29.1 Å². The molecule has 0 fully saturated rings. The standard InChI is InChI=1S/C11H13Cl2F3N2/c1-2-5-18(7-11(14,15)16)6-9-8(12)3-4-10(13)17-9/h3-4H,2,5-7H2,1H3. The molecule has 1 rings (SSSR count). The lowest BCUT2D eigenvalue weighted by atomic mass is 10.3. The maximum Gasteiger partial charge on any atom is 0.401 e. The summed E-state index contributed by atoms with van der Waals surface area (Å²) in [6, 6.07) is 3.03. The van der Waals surface area contributed by atoms with Gasteiger partial charge in [-0.25, -0.2) is 4.98 Å². The van der Waals surface area contributed by atoms with Crippen LogP contribution in [0.3, 0.4) is 0 Å². The normalized spacial score (nSPS) is 12.2. The van der Waals surface area contributed by atoms with Crippen molar-refractivity contribution in [2.24, 2.45) is 0 Å². The number of hydrogen-bond donors (Lipinski definition) is 0. The minimum Gasteiger partial charge on any atom is -0.289 e. The highest BCUT2D eigenvalue weighted by atomic mass is 35.5. The molecule has 0 unspecified atom stereocenters. The fourth-order valence-corrected chi connectivity index (χ4v) is 1.89. The van der Waals surface area contributed by atoms with Gasteiger partial charge >= 0.3 is 6.18 Å². The molecular formula is C11H13Cl2F3N2. The third kappa shape index (κ3) is 5.42. The molecule has 0 N–H and O–H groups in total. The smallest absolute Gasteiger partial charge is 0.289 e. The van der Waals surface area contributed by atoms with Crippen LogP contribution >= 0.6 is 23.2 Å². The van der Waals surface area contributed by atoms with E-state index in [9.17, 15) is 13.2 Å². The Labute approximate surface area is 114 Å². The summed E-state index contributed by atoms with van der Waals surface area (Å²) < 4.78 is 37.2. The SMILES string of the molecule is CCCN(Cc1nc(Cl)ccc1Cl)CC(F)(F)F. The summed E-state index contributed by atoms with van der Waals surface area (Å²) in [7, 11) is 0. The van der Waals surface area contributed by atoms with Crippen molar-refractivity contribution in [3.8, 4) is 0 Å².